The lowest BCUT2D eigenvalue weighted by Gasteiger charge is -2.12. The molecule has 1 aliphatic rings. The molecule has 6 nitrogen and oxygen atoms in total. The van der Waals surface area contributed by atoms with E-state index in [4.69, 9.17) is 0 Å². The second-order valence-electron chi connectivity index (χ2n) is 6.41. The van der Waals surface area contributed by atoms with Crippen LogP contribution in [0.15, 0.2) is 66.7 Å². The minimum absolute atomic E-state index is 0.262. The maximum absolute atomic E-state index is 12.5. The highest BCUT2D eigenvalue weighted by molar-refractivity contribution is 6.13. The van der Waals surface area contributed by atoms with Gasteiger partial charge in [-0.3, -0.25) is 9.59 Å². The van der Waals surface area contributed by atoms with Gasteiger partial charge in [0, 0.05) is 11.3 Å². The van der Waals surface area contributed by atoms with Gasteiger partial charge in [0.05, 0.1) is 22.6 Å². The molecule has 3 aromatic rings. The number of amides is 2. The van der Waals surface area contributed by atoms with E-state index in [1.807, 2.05) is 0 Å². The third-order valence-electron chi connectivity index (χ3n) is 4.32. The van der Waals surface area contributed by atoms with Crippen molar-refractivity contribution in [1.82, 2.24) is 0 Å². The molecule has 1 heterocycles. The molecule has 0 bridgehead atoms. The Morgan fingerprint density at radius 3 is 2.33 bits per heavy atom. The number of para-hydroxylation sites is 1. The number of hydrogen-bond acceptors (Lipinski definition) is 4. The van der Waals surface area contributed by atoms with Gasteiger partial charge in [0.2, 0.25) is 0 Å². The van der Waals surface area contributed by atoms with E-state index in [0.717, 1.165) is 12.1 Å². The van der Waals surface area contributed by atoms with Crippen LogP contribution in [-0.4, -0.2) is 18.2 Å². The van der Waals surface area contributed by atoms with Crippen LogP contribution in [0.25, 0.3) is 0 Å². The first-order valence-electron chi connectivity index (χ1n) is 8.77. The zero-order valence-corrected chi connectivity index (χ0v) is 15.2. The Hall–Kier alpha value is -4.01. The summed E-state index contributed by atoms with van der Waals surface area (Å²) in [6.07, 6.45) is -4.79. The predicted molar refractivity (Wildman–Crippen MR) is 105 cm³/mol. The van der Waals surface area contributed by atoms with E-state index in [2.05, 4.69) is 20.7 Å². The van der Waals surface area contributed by atoms with E-state index in [1.54, 1.807) is 36.4 Å². The van der Waals surface area contributed by atoms with Gasteiger partial charge >= 0.3 is 6.36 Å². The second kappa shape index (κ2) is 7.43. The maximum atomic E-state index is 12.5. The van der Waals surface area contributed by atoms with Crippen LogP contribution in [-0.2, 0) is 0 Å². The quantitative estimate of drug-likeness (QED) is 0.555. The summed E-state index contributed by atoms with van der Waals surface area (Å²) in [5.74, 6) is -1.19. The molecule has 3 aromatic carbocycles. The molecule has 0 aliphatic carbocycles. The number of anilines is 4. The summed E-state index contributed by atoms with van der Waals surface area (Å²) in [6, 6.07) is 16.5. The summed E-state index contributed by atoms with van der Waals surface area (Å²) in [4.78, 5) is 25.0. The fourth-order valence-electron chi connectivity index (χ4n) is 2.97. The summed E-state index contributed by atoms with van der Waals surface area (Å²) < 4.78 is 40.5. The van der Waals surface area contributed by atoms with Crippen molar-refractivity contribution in [3.63, 3.8) is 0 Å². The number of carbonyl (C=O) groups is 2. The van der Waals surface area contributed by atoms with Crippen molar-refractivity contribution >= 4 is 34.6 Å². The van der Waals surface area contributed by atoms with Gasteiger partial charge < -0.3 is 20.7 Å². The lowest BCUT2D eigenvalue weighted by Crippen LogP contribution is -2.17. The van der Waals surface area contributed by atoms with E-state index in [1.165, 1.54) is 18.2 Å². The fourth-order valence-corrected chi connectivity index (χ4v) is 2.97. The number of halogens is 3. The first kappa shape index (κ1) is 19.3. The highest BCUT2D eigenvalue weighted by atomic mass is 19.4. The SMILES string of the molecule is O=C(Nc1ccc(OC(F)(F)F)cc1)c1ccc2c(c1)NC(=O)c1ccccc1N2. The van der Waals surface area contributed by atoms with Crippen molar-refractivity contribution in [1.29, 1.82) is 0 Å². The highest BCUT2D eigenvalue weighted by Crippen LogP contribution is 2.32. The third-order valence-corrected chi connectivity index (χ3v) is 4.32. The molecule has 2 amide bonds. The van der Waals surface area contributed by atoms with Crippen LogP contribution in [0.3, 0.4) is 0 Å². The van der Waals surface area contributed by atoms with Gasteiger partial charge in [-0.1, -0.05) is 12.1 Å². The lowest BCUT2D eigenvalue weighted by molar-refractivity contribution is -0.274. The molecular weight excluding hydrogens is 399 g/mol. The van der Waals surface area contributed by atoms with Crippen LogP contribution in [0.5, 0.6) is 5.75 Å². The minimum Gasteiger partial charge on any atom is -0.406 e. The average molecular weight is 413 g/mol. The number of ether oxygens (including phenoxy) is 1. The Balaban J connectivity index is 1.51. The zero-order valence-electron chi connectivity index (χ0n) is 15.2. The lowest BCUT2D eigenvalue weighted by atomic mass is 10.1. The summed E-state index contributed by atoms with van der Waals surface area (Å²) >= 11 is 0. The Morgan fingerprint density at radius 2 is 1.60 bits per heavy atom. The Labute approximate surface area is 168 Å². The van der Waals surface area contributed by atoms with Gasteiger partial charge in [0.25, 0.3) is 11.8 Å². The molecular formula is C21H14F3N3O3. The molecule has 0 unspecified atom stereocenters. The van der Waals surface area contributed by atoms with Crippen LogP contribution in [0, 0.1) is 0 Å². The Kier molecular flexibility index (Phi) is 4.78. The molecule has 4 rings (SSSR count). The first-order valence-corrected chi connectivity index (χ1v) is 8.77. The molecule has 1 aliphatic heterocycles. The van der Waals surface area contributed by atoms with Crippen molar-refractivity contribution in [3.05, 3.63) is 77.9 Å². The van der Waals surface area contributed by atoms with Crippen LogP contribution in [0.4, 0.5) is 35.9 Å². The highest BCUT2D eigenvalue weighted by Gasteiger charge is 2.31. The standard InChI is InChI=1S/C21H14F3N3O3/c22-21(23,24)30-14-8-6-13(7-9-14)25-19(28)12-5-10-17-18(11-12)27-20(29)15-3-1-2-4-16(15)26-17/h1-11,26H,(H,25,28)(H,27,29). The van der Waals surface area contributed by atoms with Crippen LogP contribution >= 0.6 is 0 Å². The average Bonchev–Trinajstić information content (AvgIpc) is 2.83. The number of alkyl halides is 3. The second-order valence-corrected chi connectivity index (χ2v) is 6.41. The molecule has 0 saturated carbocycles. The Bertz CT molecular complexity index is 1130. The normalized spacial score (nSPS) is 12.6. The van der Waals surface area contributed by atoms with Gasteiger partial charge in [-0.05, 0) is 54.6 Å². The van der Waals surface area contributed by atoms with Gasteiger partial charge in [-0.25, -0.2) is 0 Å². The number of hydrogen-bond donors (Lipinski definition) is 3. The predicted octanol–water partition coefficient (Wildman–Crippen LogP) is 5.15. The molecule has 0 spiro atoms. The van der Waals surface area contributed by atoms with Crippen molar-refractivity contribution < 1.29 is 27.5 Å². The van der Waals surface area contributed by atoms with Crippen molar-refractivity contribution in [2.45, 2.75) is 6.36 Å². The number of rotatable bonds is 3. The van der Waals surface area contributed by atoms with E-state index in [9.17, 15) is 22.8 Å². The summed E-state index contributed by atoms with van der Waals surface area (Å²) in [5.41, 5.74) is 2.72. The molecule has 9 heteroatoms. The van der Waals surface area contributed by atoms with Crippen molar-refractivity contribution in [3.8, 4) is 5.75 Å². The number of carbonyl (C=O) groups excluding carboxylic acids is 2. The van der Waals surface area contributed by atoms with Gasteiger partial charge in [-0.2, -0.15) is 0 Å². The van der Waals surface area contributed by atoms with Crippen LogP contribution in [0.2, 0.25) is 0 Å². The molecule has 30 heavy (non-hydrogen) atoms. The number of benzene rings is 3. The Morgan fingerprint density at radius 1 is 0.867 bits per heavy atom. The molecule has 0 atom stereocenters. The van der Waals surface area contributed by atoms with Crippen molar-refractivity contribution in [2.75, 3.05) is 16.0 Å². The largest absolute Gasteiger partial charge is 0.573 e. The summed E-state index contributed by atoms with van der Waals surface area (Å²) in [6.45, 7) is 0. The molecule has 0 radical (unpaired) electrons. The molecule has 0 saturated heterocycles. The smallest absolute Gasteiger partial charge is 0.406 e. The van der Waals surface area contributed by atoms with E-state index >= 15 is 0 Å². The summed E-state index contributed by atoms with van der Waals surface area (Å²) in [7, 11) is 0. The molecule has 152 valence electrons. The van der Waals surface area contributed by atoms with Gasteiger partial charge in [-0.15, -0.1) is 13.2 Å². The first-order chi connectivity index (χ1) is 14.3. The van der Waals surface area contributed by atoms with E-state index in [0.29, 0.717) is 28.3 Å². The van der Waals surface area contributed by atoms with Crippen LogP contribution < -0.4 is 20.7 Å². The number of fused-ring (bicyclic) bond motifs is 2. The third kappa shape index (κ3) is 4.19. The van der Waals surface area contributed by atoms with Crippen LogP contribution in [0.1, 0.15) is 20.7 Å². The molecule has 0 fully saturated rings. The fraction of sp³-hybridized carbons (Fsp3) is 0.0476. The van der Waals surface area contributed by atoms with Gasteiger partial charge in [0.15, 0.2) is 0 Å². The van der Waals surface area contributed by atoms with Crippen molar-refractivity contribution in [2.24, 2.45) is 0 Å². The number of nitrogens with one attached hydrogen (secondary N) is 3. The van der Waals surface area contributed by atoms with Gasteiger partial charge in [0.1, 0.15) is 5.75 Å². The zero-order chi connectivity index (χ0) is 21.3. The van der Waals surface area contributed by atoms with E-state index < -0.39 is 12.3 Å². The topological polar surface area (TPSA) is 79.5 Å². The molecule has 3 N–H and O–H groups in total. The molecule has 0 aromatic heterocycles. The monoisotopic (exact) mass is 413 g/mol. The maximum Gasteiger partial charge on any atom is 0.573 e. The van der Waals surface area contributed by atoms with E-state index in [-0.39, 0.29) is 17.2 Å². The minimum atomic E-state index is -4.79. The summed E-state index contributed by atoms with van der Waals surface area (Å²) in [5, 5.41) is 8.51.